The predicted molar refractivity (Wildman–Crippen MR) is 52.4 cm³/mol. The van der Waals surface area contributed by atoms with Crippen molar-refractivity contribution < 1.29 is 18.9 Å². The van der Waals surface area contributed by atoms with Gasteiger partial charge in [0.05, 0.1) is 7.82 Å². The maximum absolute atomic E-state index is 10.2. The van der Waals surface area contributed by atoms with Crippen molar-refractivity contribution in [3.8, 4) is 0 Å². The summed E-state index contributed by atoms with van der Waals surface area (Å²) in [5, 5.41) is 3.03. The second kappa shape index (κ2) is 8.18. The molecule has 0 aliphatic rings. The Morgan fingerprint density at radius 3 is 2.53 bits per heavy atom. The first-order valence-corrected chi connectivity index (χ1v) is 6.28. The highest BCUT2D eigenvalue weighted by Gasteiger charge is 2.03. The molecule has 0 bridgehead atoms. The maximum atomic E-state index is 10.2. The van der Waals surface area contributed by atoms with Crippen molar-refractivity contribution in [1.29, 1.82) is 0 Å². The van der Waals surface area contributed by atoms with Crippen LogP contribution in [0.25, 0.3) is 0 Å². The Bertz CT molecular complexity index is 199. The van der Waals surface area contributed by atoms with Crippen molar-refractivity contribution >= 4 is 7.82 Å². The van der Waals surface area contributed by atoms with Gasteiger partial charge in [-0.3, -0.25) is 0 Å². The van der Waals surface area contributed by atoms with E-state index in [0.717, 1.165) is 19.4 Å². The molecule has 0 aromatic rings. The summed E-state index contributed by atoms with van der Waals surface area (Å²) < 4.78 is 14.2. The lowest BCUT2D eigenvalue weighted by Gasteiger charge is -2.31. The van der Waals surface area contributed by atoms with Crippen molar-refractivity contribution in [2.45, 2.75) is 25.5 Å². The topological polar surface area (TPSA) is 136 Å². The lowest BCUT2D eigenvalue weighted by Crippen LogP contribution is -2.32. The molecular weight excluding hydrogens is 221 g/mol. The molecule has 0 aromatic heterocycles. The molecule has 1 unspecified atom stereocenters. The van der Waals surface area contributed by atoms with Gasteiger partial charge in [-0.05, 0) is 38.9 Å². The van der Waals surface area contributed by atoms with E-state index in [4.69, 9.17) is 11.5 Å². The molecule has 0 rings (SSSR count). The van der Waals surface area contributed by atoms with Gasteiger partial charge in [-0.2, -0.15) is 0 Å². The number of nitrogens with two attached hydrogens (primary N) is 2. The number of rotatable bonds is 9. The van der Waals surface area contributed by atoms with Crippen LogP contribution < -0.4 is 26.6 Å². The molecule has 92 valence electrons. The highest BCUT2D eigenvalue weighted by atomic mass is 31.2. The lowest BCUT2D eigenvalue weighted by atomic mass is 10.3. The van der Waals surface area contributed by atoms with Gasteiger partial charge in [0.2, 0.25) is 0 Å². The molecule has 0 saturated heterocycles. The zero-order chi connectivity index (χ0) is 11.7. The van der Waals surface area contributed by atoms with Crippen molar-refractivity contribution in [2.24, 2.45) is 11.5 Å². The highest BCUT2D eigenvalue weighted by Crippen LogP contribution is 2.26. The van der Waals surface area contributed by atoms with E-state index in [2.05, 4.69) is 9.84 Å². The molecule has 15 heavy (non-hydrogen) atoms. The molecule has 0 heterocycles. The van der Waals surface area contributed by atoms with Gasteiger partial charge in [-0.1, -0.05) is 0 Å². The smallest absolute Gasteiger partial charge is 0.111 e. The van der Waals surface area contributed by atoms with Gasteiger partial charge in [0.15, 0.2) is 0 Å². The second-order valence-corrected chi connectivity index (χ2v) is 4.23. The quantitative estimate of drug-likeness (QED) is 0.236. The average molecular weight is 239 g/mol. The van der Waals surface area contributed by atoms with Crippen LogP contribution in [0.3, 0.4) is 0 Å². The molecule has 8 heteroatoms. The summed E-state index contributed by atoms with van der Waals surface area (Å²) in [5.74, 6) is 0. The van der Waals surface area contributed by atoms with E-state index in [9.17, 15) is 14.4 Å². The summed E-state index contributed by atoms with van der Waals surface area (Å²) in [7, 11) is -4.96. The number of nitrogens with one attached hydrogen (secondary N) is 1. The van der Waals surface area contributed by atoms with Gasteiger partial charge < -0.3 is 35.7 Å². The Hall–Kier alpha value is -0.0100. The Morgan fingerprint density at radius 2 is 2.00 bits per heavy atom. The van der Waals surface area contributed by atoms with Crippen LogP contribution in [0.5, 0.6) is 0 Å². The number of phosphoric ester groups is 1. The van der Waals surface area contributed by atoms with Crippen LogP contribution in [0.1, 0.15) is 19.3 Å². The van der Waals surface area contributed by atoms with Gasteiger partial charge in [-0.25, -0.2) is 0 Å². The van der Waals surface area contributed by atoms with E-state index in [1.54, 1.807) is 0 Å². The fraction of sp³-hybridized carbons (Fsp3) is 1.00. The zero-order valence-electron chi connectivity index (χ0n) is 8.55. The third-order valence-electron chi connectivity index (χ3n) is 1.68. The standard InChI is InChI=1S/C7H20N3O4P/c8-4-1-2-5-10-6-3-7(9)14-15(11,12)13/h7,10H,1-6,8-9H2,(H2,11,12,13)/p-2. The molecule has 0 spiro atoms. The average Bonchev–Trinajstić information content (AvgIpc) is 2.08. The Labute approximate surface area is 89.4 Å². The molecule has 0 amide bonds. The molecule has 0 radical (unpaired) electrons. The van der Waals surface area contributed by atoms with Crippen molar-refractivity contribution in [1.82, 2.24) is 5.32 Å². The normalized spacial score (nSPS) is 14.1. The van der Waals surface area contributed by atoms with Crippen LogP contribution in [-0.2, 0) is 9.09 Å². The SMILES string of the molecule is NCCCCNCCC(N)OP(=O)([O-])[O-]. The summed E-state index contributed by atoms with van der Waals surface area (Å²) >= 11 is 0. The highest BCUT2D eigenvalue weighted by molar-refractivity contribution is 7.43. The molecule has 0 fully saturated rings. The predicted octanol–water partition coefficient (Wildman–Crippen LogP) is -2.16. The molecule has 0 saturated carbocycles. The van der Waals surface area contributed by atoms with Crippen molar-refractivity contribution in [3.63, 3.8) is 0 Å². The first-order valence-electron chi connectivity index (χ1n) is 4.82. The lowest BCUT2D eigenvalue weighted by molar-refractivity contribution is -0.344. The molecule has 0 aliphatic heterocycles. The number of hydrogen-bond donors (Lipinski definition) is 3. The van der Waals surface area contributed by atoms with E-state index in [0.29, 0.717) is 13.1 Å². The fourth-order valence-electron chi connectivity index (χ4n) is 0.982. The van der Waals surface area contributed by atoms with Crippen LogP contribution in [0.15, 0.2) is 0 Å². The number of unbranched alkanes of at least 4 members (excludes halogenated alkanes) is 1. The summed E-state index contributed by atoms with van der Waals surface area (Å²) in [6, 6.07) is 0. The van der Waals surface area contributed by atoms with Crippen LogP contribution in [0.4, 0.5) is 0 Å². The first kappa shape index (κ1) is 15.0. The van der Waals surface area contributed by atoms with Gasteiger partial charge >= 0.3 is 0 Å². The fourth-order valence-corrected chi connectivity index (χ4v) is 1.42. The third-order valence-corrected chi connectivity index (χ3v) is 2.21. The largest absolute Gasteiger partial charge is 0.790 e. The minimum absolute atomic E-state index is 0.275. The van der Waals surface area contributed by atoms with Gasteiger partial charge in [0.25, 0.3) is 0 Å². The maximum Gasteiger partial charge on any atom is 0.111 e. The van der Waals surface area contributed by atoms with Gasteiger partial charge in [0, 0.05) is 0 Å². The molecule has 0 aromatic carbocycles. The molecule has 1 atom stereocenters. The van der Waals surface area contributed by atoms with Crippen molar-refractivity contribution in [2.75, 3.05) is 19.6 Å². The van der Waals surface area contributed by atoms with E-state index < -0.39 is 14.1 Å². The Kier molecular flexibility index (Phi) is 8.17. The molecule has 0 aliphatic carbocycles. The first-order chi connectivity index (χ1) is 6.95. The van der Waals surface area contributed by atoms with Crippen molar-refractivity contribution in [3.05, 3.63) is 0 Å². The summed E-state index contributed by atoms with van der Waals surface area (Å²) in [6.07, 6.45) is 1.10. The van der Waals surface area contributed by atoms with E-state index >= 15 is 0 Å². The van der Waals surface area contributed by atoms with E-state index in [1.807, 2.05) is 0 Å². The summed E-state index contributed by atoms with van der Waals surface area (Å²) in [4.78, 5) is 20.3. The number of hydrogen-bond acceptors (Lipinski definition) is 7. The van der Waals surface area contributed by atoms with Crippen LogP contribution >= 0.6 is 7.82 Å². The van der Waals surface area contributed by atoms with Gasteiger partial charge in [0.1, 0.15) is 6.23 Å². The summed E-state index contributed by atoms with van der Waals surface area (Å²) in [6.45, 7) is 1.95. The monoisotopic (exact) mass is 239 g/mol. The van der Waals surface area contributed by atoms with E-state index in [1.165, 1.54) is 0 Å². The Balaban J connectivity index is 3.32. The van der Waals surface area contributed by atoms with Crippen LogP contribution in [0.2, 0.25) is 0 Å². The minimum atomic E-state index is -4.96. The Morgan fingerprint density at radius 1 is 1.33 bits per heavy atom. The third kappa shape index (κ3) is 11.9. The zero-order valence-corrected chi connectivity index (χ0v) is 9.45. The van der Waals surface area contributed by atoms with Crippen LogP contribution in [0, 0.1) is 0 Å². The number of phosphoric acid groups is 1. The summed E-state index contributed by atoms with van der Waals surface area (Å²) in [5.41, 5.74) is 10.5. The molecule has 7 nitrogen and oxygen atoms in total. The molecular formula is C7H18N3O4P-2. The van der Waals surface area contributed by atoms with E-state index in [-0.39, 0.29) is 6.42 Å². The molecule has 5 N–H and O–H groups in total. The van der Waals surface area contributed by atoms with Gasteiger partial charge in [-0.15, -0.1) is 0 Å². The second-order valence-electron chi connectivity index (χ2n) is 3.13. The van der Waals surface area contributed by atoms with Crippen LogP contribution in [-0.4, -0.2) is 25.9 Å². The minimum Gasteiger partial charge on any atom is -0.790 e.